The molecule has 0 aromatic rings. The van der Waals surface area contributed by atoms with Crippen LogP contribution < -0.4 is 0 Å². The zero-order valence-corrected chi connectivity index (χ0v) is 48.9. The van der Waals surface area contributed by atoms with Gasteiger partial charge in [0.1, 0.15) is 19.8 Å². The van der Waals surface area contributed by atoms with Gasteiger partial charge in [0.2, 0.25) is 0 Å². The van der Waals surface area contributed by atoms with Crippen LogP contribution in [0.1, 0.15) is 316 Å². The number of hydrogen-bond donors (Lipinski definition) is 1. The average molecular weight is 1030 g/mol. The minimum absolute atomic E-state index is 0.0351. The third-order valence-corrected chi connectivity index (χ3v) is 15.0. The minimum atomic E-state index is -4.38. The van der Waals surface area contributed by atoms with Gasteiger partial charge < -0.3 is 18.9 Å². The average Bonchev–Trinajstić information content (AvgIpc) is 3.33. The molecule has 0 aliphatic rings. The second-order valence-corrected chi connectivity index (χ2v) is 23.9. The third kappa shape index (κ3) is 57.9. The molecule has 0 rings (SSSR count). The Kier molecular flexibility index (Phi) is 52.6. The lowest BCUT2D eigenvalue weighted by molar-refractivity contribution is -0.870. The van der Waals surface area contributed by atoms with Crippen LogP contribution in [0.25, 0.3) is 0 Å². The molecule has 0 aromatic carbocycles. The van der Waals surface area contributed by atoms with E-state index in [2.05, 4.69) is 26.0 Å². The van der Waals surface area contributed by atoms with Crippen LogP contribution in [0.5, 0.6) is 0 Å². The largest absolute Gasteiger partial charge is 0.472 e. The highest BCUT2D eigenvalue weighted by Crippen LogP contribution is 2.43. The number of nitrogens with zero attached hydrogens (tertiary/aromatic N) is 1. The Morgan fingerprint density at radius 1 is 0.423 bits per heavy atom. The summed E-state index contributed by atoms with van der Waals surface area (Å²) in [5, 5.41) is 0. The van der Waals surface area contributed by atoms with Gasteiger partial charge in [0, 0.05) is 12.8 Å². The number of ether oxygens (including phenoxy) is 2. The van der Waals surface area contributed by atoms with Crippen molar-refractivity contribution in [3.63, 3.8) is 0 Å². The second-order valence-electron chi connectivity index (χ2n) is 22.5. The fraction of sp³-hybridized carbons (Fsp3) is 0.934. The van der Waals surface area contributed by atoms with Gasteiger partial charge in [-0.1, -0.05) is 276 Å². The van der Waals surface area contributed by atoms with Gasteiger partial charge in [0.15, 0.2) is 6.10 Å². The third-order valence-electron chi connectivity index (χ3n) is 14.0. The molecule has 0 amide bonds. The molecule has 0 aromatic heterocycles. The maximum Gasteiger partial charge on any atom is 0.472 e. The van der Waals surface area contributed by atoms with Crippen molar-refractivity contribution in [1.82, 2.24) is 0 Å². The van der Waals surface area contributed by atoms with Crippen LogP contribution >= 0.6 is 7.82 Å². The fourth-order valence-electron chi connectivity index (χ4n) is 9.25. The summed E-state index contributed by atoms with van der Waals surface area (Å²) in [7, 11) is 1.50. The summed E-state index contributed by atoms with van der Waals surface area (Å²) < 4.78 is 34.6. The van der Waals surface area contributed by atoms with E-state index in [1.807, 2.05) is 21.1 Å². The molecule has 0 aliphatic heterocycles. The number of unbranched alkanes of at least 4 members (excludes halogenated alkanes) is 42. The van der Waals surface area contributed by atoms with Crippen molar-refractivity contribution in [2.24, 2.45) is 0 Å². The predicted octanol–water partition coefficient (Wildman–Crippen LogP) is 19.2. The SMILES string of the molecule is CCCCCCCC/C=C\CCCCCCCCCCCC(=O)OC(COC(=O)CCCCCCCCCCCCCCCCCCCCCCCCCCCCCC)COP(=O)(O)OCC[N+](C)(C)C. The number of rotatable bonds is 58. The van der Waals surface area contributed by atoms with Crippen LogP contribution in [0.15, 0.2) is 12.2 Å². The molecule has 0 saturated carbocycles. The molecule has 0 spiro atoms. The van der Waals surface area contributed by atoms with Gasteiger partial charge in [0.05, 0.1) is 27.7 Å². The molecule has 0 saturated heterocycles. The van der Waals surface area contributed by atoms with E-state index in [0.717, 1.165) is 32.1 Å². The van der Waals surface area contributed by atoms with E-state index < -0.39 is 26.5 Å². The Bertz CT molecular complexity index is 1210. The van der Waals surface area contributed by atoms with Crippen molar-refractivity contribution >= 4 is 19.8 Å². The molecule has 0 bridgehead atoms. The first-order valence-electron chi connectivity index (χ1n) is 30.9. The Hall–Kier alpha value is -1.25. The van der Waals surface area contributed by atoms with Crippen LogP contribution in [-0.2, 0) is 32.7 Å². The molecule has 0 radical (unpaired) electrons. The quantitative estimate of drug-likeness (QED) is 0.0211. The highest BCUT2D eigenvalue weighted by Gasteiger charge is 2.27. The topological polar surface area (TPSA) is 108 Å². The van der Waals surface area contributed by atoms with Gasteiger partial charge in [-0.2, -0.15) is 0 Å². The monoisotopic (exact) mass is 1030 g/mol. The molecular weight excluding hydrogens is 906 g/mol. The number of esters is 2. The number of likely N-dealkylation sites (N-methyl/N-ethyl adjacent to an activating group) is 1. The molecule has 0 aliphatic carbocycles. The Balaban J connectivity index is 4.04. The number of carbonyl (C=O) groups excluding carboxylic acids is 2. The van der Waals surface area contributed by atoms with Gasteiger partial charge in [-0.15, -0.1) is 0 Å². The van der Waals surface area contributed by atoms with E-state index in [9.17, 15) is 19.0 Å². The molecule has 9 nitrogen and oxygen atoms in total. The second kappa shape index (κ2) is 53.6. The van der Waals surface area contributed by atoms with Crippen LogP contribution in [0.4, 0.5) is 0 Å². The highest BCUT2D eigenvalue weighted by molar-refractivity contribution is 7.47. The number of hydrogen-bond acceptors (Lipinski definition) is 7. The highest BCUT2D eigenvalue weighted by atomic mass is 31.2. The molecule has 0 heterocycles. The van der Waals surface area contributed by atoms with Gasteiger partial charge in [-0.05, 0) is 38.5 Å². The normalized spacial score (nSPS) is 13.3. The Labute approximate surface area is 441 Å². The van der Waals surface area contributed by atoms with E-state index in [1.54, 1.807) is 0 Å². The zero-order valence-electron chi connectivity index (χ0n) is 48.0. The van der Waals surface area contributed by atoms with Gasteiger partial charge in [0.25, 0.3) is 0 Å². The van der Waals surface area contributed by atoms with Crippen LogP contribution in [0.2, 0.25) is 0 Å². The summed E-state index contributed by atoms with van der Waals surface area (Å²) in [5.41, 5.74) is 0. The summed E-state index contributed by atoms with van der Waals surface area (Å²) in [6.07, 6.45) is 62.9. The summed E-state index contributed by atoms with van der Waals surface area (Å²) in [6, 6.07) is 0. The van der Waals surface area contributed by atoms with E-state index in [0.29, 0.717) is 23.9 Å². The first-order valence-corrected chi connectivity index (χ1v) is 32.4. The predicted molar refractivity (Wildman–Crippen MR) is 303 cm³/mol. The van der Waals surface area contributed by atoms with E-state index >= 15 is 0 Å². The van der Waals surface area contributed by atoms with Crippen molar-refractivity contribution in [3.8, 4) is 0 Å². The molecule has 2 unspecified atom stereocenters. The lowest BCUT2D eigenvalue weighted by Gasteiger charge is -2.24. The molecular formula is C61H121NO8P+. The van der Waals surface area contributed by atoms with Gasteiger partial charge in [-0.3, -0.25) is 18.6 Å². The van der Waals surface area contributed by atoms with Crippen LogP contribution in [0.3, 0.4) is 0 Å². The van der Waals surface area contributed by atoms with Gasteiger partial charge >= 0.3 is 19.8 Å². The number of phosphoric acid groups is 1. The fourth-order valence-corrected chi connectivity index (χ4v) is 9.99. The minimum Gasteiger partial charge on any atom is -0.462 e. The summed E-state index contributed by atoms with van der Waals surface area (Å²) in [6.45, 7) is 4.49. The van der Waals surface area contributed by atoms with Gasteiger partial charge in [-0.25, -0.2) is 4.57 Å². The lowest BCUT2D eigenvalue weighted by Crippen LogP contribution is -2.37. The van der Waals surface area contributed by atoms with Crippen molar-refractivity contribution < 1.29 is 42.1 Å². The zero-order chi connectivity index (χ0) is 52.0. The molecule has 422 valence electrons. The maximum atomic E-state index is 12.8. The van der Waals surface area contributed by atoms with Crippen LogP contribution in [-0.4, -0.2) is 74.9 Å². The first-order chi connectivity index (χ1) is 34.5. The first kappa shape index (κ1) is 69.8. The standard InChI is InChI=1S/C61H120NO8P/c1-6-8-10-12-14-16-18-20-22-24-26-27-28-29-30-31-32-33-34-36-37-39-41-43-45-47-49-51-53-60(63)67-57-59(58-69-71(65,66)68-56-55-62(3,4)5)70-61(64)54-52-50-48-46-44-42-40-38-35-25-23-21-19-17-15-13-11-9-7-2/h21,23,59H,6-20,22,24-58H2,1-5H3/p+1/b23-21-. The molecule has 1 N–H and O–H groups in total. The number of phosphoric ester groups is 1. The molecule has 71 heavy (non-hydrogen) atoms. The number of allylic oxidation sites excluding steroid dienone is 2. The maximum absolute atomic E-state index is 12.8. The smallest absolute Gasteiger partial charge is 0.462 e. The Morgan fingerprint density at radius 3 is 1.04 bits per heavy atom. The van der Waals surface area contributed by atoms with E-state index in [-0.39, 0.29) is 25.6 Å². The lowest BCUT2D eigenvalue weighted by atomic mass is 10.0. The van der Waals surface area contributed by atoms with E-state index in [1.165, 1.54) is 250 Å². The number of quaternary nitrogens is 1. The molecule has 2 atom stereocenters. The van der Waals surface area contributed by atoms with E-state index in [4.69, 9.17) is 18.5 Å². The molecule has 0 fully saturated rings. The summed E-state index contributed by atoms with van der Waals surface area (Å²) >= 11 is 0. The van der Waals surface area contributed by atoms with Crippen LogP contribution in [0, 0.1) is 0 Å². The molecule has 10 heteroatoms. The summed E-state index contributed by atoms with van der Waals surface area (Å²) in [4.78, 5) is 35.7. The summed E-state index contributed by atoms with van der Waals surface area (Å²) in [5.74, 6) is -0.780. The Morgan fingerprint density at radius 2 is 0.718 bits per heavy atom. The number of carbonyl (C=O) groups is 2. The van der Waals surface area contributed by atoms with Crippen molar-refractivity contribution in [2.75, 3.05) is 47.5 Å². The van der Waals surface area contributed by atoms with Crippen molar-refractivity contribution in [2.45, 2.75) is 322 Å². The van der Waals surface area contributed by atoms with Crippen molar-refractivity contribution in [3.05, 3.63) is 12.2 Å². The van der Waals surface area contributed by atoms with Crippen molar-refractivity contribution in [1.29, 1.82) is 0 Å².